The van der Waals surface area contributed by atoms with Gasteiger partial charge in [0.1, 0.15) is 5.60 Å². The second-order valence-electron chi connectivity index (χ2n) is 34.8. The molecule has 145 heavy (non-hydrogen) atoms. The number of pyridine rings is 8. The molecule has 18 rings (SSSR count). The van der Waals surface area contributed by atoms with Crippen LogP contribution in [0.25, 0.3) is 77.3 Å². The number of benzene rings is 8. The second kappa shape index (κ2) is 61.4. The van der Waals surface area contributed by atoms with E-state index in [9.17, 15) is 20.0 Å². The first kappa shape index (κ1) is 109. The van der Waals surface area contributed by atoms with E-state index in [4.69, 9.17) is 49.9 Å². The third-order valence-electron chi connectivity index (χ3n) is 23.8. The van der Waals surface area contributed by atoms with Crippen molar-refractivity contribution in [3.8, 4) is 68.2 Å². The molecule has 1 amide bonds. The summed E-state index contributed by atoms with van der Waals surface area (Å²) in [5, 5.41) is 24.3. The van der Waals surface area contributed by atoms with Crippen LogP contribution in [0.15, 0.2) is 434 Å². The van der Waals surface area contributed by atoms with Crippen LogP contribution in [0.2, 0.25) is 0 Å². The Labute approximate surface area is 854 Å². The van der Waals surface area contributed by atoms with Crippen LogP contribution in [-0.4, -0.2) is 73.3 Å². The van der Waals surface area contributed by atoms with Gasteiger partial charge in [-0.15, -0.1) is 0 Å². The Kier molecular flexibility index (Phi) is 46.2. The van der Waals surface area contributed by atoms with Gasteiger partial charge in [-0.1, -0.05) is 292 Å². The molecule has 8 aromatic heterocycles. The molecule has 1 aliphatic carbocycles. The fourth-order valence-electron chi connectivity index (χ4n) is 15.6. The van der Waals surface area contributed by atoms with Gasteiger partial charge in [0.2, 0.25) is 86.8 Å². The normalized spacial score (nSPS) is 12.2. The smallest absolute Gasteiger partial charge is 0.379 e. The molecule has 1 saturated heterocycles. The number of hydrogen-bond acceptors (Lipinski definition) is 13. The zero-order chi connectivity index (χ0) is 102. The molecule has 746 valence electrons. The Hall–Kier alpha value is -16.3. The maximum absolute atomic E-state index is 11.9. The first-order valence-electron chi connectivity index (χ1n) is 49.9. The van der Waals surface area contributed by atoms with E-state index < -0.39 is 10.5 Å². The molecule has 23 nitrogen and oxygen atoms in total. The predicted octanol–water partition coefficient (Wildman–Crippen LogP) is 20.3. The lowest BCUT2D eigenvalue weighted by Crippen LogP contribution is -2.52. The minimum atomic E-state index is -0.896. The van der Waals surface area contributed by atoms with Crippen molar-refractivity contribution in [2.24, 2.45) is 11.8 Å². The molecule has 1 aliphatic heterocycles. The number of fused-ring (bicyclic) bond motifs is 3. The predicted molar refractivity (Wildman–Crippen MR) is 565 cm³/mol. The summed E-state index contributed by atoms with van der Waals surface area (Å²) in [7, 11) is 0. The van der Waals surface area contributed by atoms with Crippen molar-refractivity contribution in [3.63, 3.8) is 0 Å². The number of hydrogen-bond donors (Lipinski definition) is 1. The number of aromatic nitrogens is 8. The van der Waals surface area contributed by atoms with Gasteiger partial charge in [0.05, 0.1) is 41.0 Å². The maximum atomic E-state index is 11.9. The summed E-state index contributed by atoms with van der Waals surface area (Å²) >= 11 is 0. The summed E-state index contributed by atoms with van der Waals surface area (Å²) in [6.45, 7) is 24.1. The summed E-state index contributed by atoms with van der Waals surface area (Å²) < 4.78 is 18.3. The van der Waals surface area contributed by atoms with E-state index >= 15 is 0 Å². The van der Waals surface area contributed by atoms with Crippen LogP contribution in [-0.2, 0) is 16.9 Å². The van der Waals surface area contributed by atoms with E-state index in [-0.39, 0.29) is 11.8 Å². The molecule has 1 saturated carbocycles. The van der Waals surface area contributed by atoms with Gasteiger partial charge in [-0.2, -0.15) is 9.68 Å². The van der Waals surface area contributed by atoms with Crippen LogP contribution in [0, 0.1) is 34.5 Å². The topological polar surface area (TPSA) is 198 Å². The number of carbonyl (C=O) groups is 1. The highest BCUT2D eigenvalue weighted by Gasteiger charge is 2.30. The van der Waals surface area contributed by atoms with Crippen LogP contribution in [0.5, 0.6) is 0 Å². The van der Waals surface area contributed by atoms with Crippen LogP contribution in [0.3, 0.4) is 0 Å². The molecule has 2 atom stereocenters. The van der Waals surface area contributed by atoms with E-state index in [2.05, 4.69) is 181 Å². The largest absolute Gasteiger partial charge is 0.478 e. The Morgan fingerprint density at radius 2 is 0.876 bits per heavy atom. The van der Waals surface area contributed by atoms with Gasteiger partial charge in [-0.3, -0.25) is 39.2 Å². The number of para-hydroxylation sites is 1. The number of nitro groups is 1. The summed E-state index contributed by atoms with van der Waals surface area (Å²) in [6.07, 6.45) is 51.7. The van der Waals surface area contributed by atoms with E-state index in [0.717, 1.165) is 46.3 Å². The third kappa shape index (κ3) is 37.6. The van der Waals surface area contributed by atoms with E-state index in [0.29, 0.717) is 70.7 Å². The zero-order valence-corrected chi connectivity index (χ0v) is 84.2. The van der Waals surface area contributed by atoms with E-state index in [1.165, 1.54) is 158 Å². The number of nitrogens with zero attached hydrogens (tertiary/aromatic N) is 10. The molecule has 0 spiro atoms. The van der Waals surface area contributed by atoms with Crippen LogP contribution < -0.4 is 76.5 Å². The molecule has 2 unspecified atom stereocenters. The number of aliphatic hydroxyl groups is 1. The maximum Gasteiger partial charge on any atom is 0.478 e. The molecular weight excluding hydrogens is 1810 g/mol. The van der Waals surface area contributed by atoms with Crippen LogP contribution in [0.1, 0.15) is 136 Å². The highest BCUT2D eigenvalue weighted by molar-refractivity contribution is 6.03. The average Bonchev–Trinajstić information content (AvgIpc) is 0.772. The Morgan fingerprint density at radius 3 is 1.33 bits per heavy atom. The number of carbonyl (C=O) groups excluding carboxylic acids is 1. The van der Waals surface area contributed by atoms with Gasteiger partial charge >= 0.3 is 6.09 Å². The Morgan fingerprint density at radius 1 is 0.469 bits per heavy atom. The van der Waals surface area contributed by atoms with Gasteiger partial charge in [0.15, 0.2) is 44.9 Å². The van der Waals surface area contributed by atoms with Crippen molar-refractivity contribution < 1.29 is 96.1 Å². The van der Waals surface area contributed by atoms with Crippen LogP contribution >= 0.6 is 0 Å². The average molecular weight is 1950 g/mol. The van der Waals surface area contributed by atoms with Gasteiger partial charge in [-0.25, -0.2) is 9.63 Å². The highest BCUT2D eigenvalue weighted by atomic mass is 16.7. The van der Waals surface area contributed by atoms with Crippen LogP contribution in [0.4, 0.5) is 10.5 Å². The molecule has 1 N–H and O–H groups in total. The van der Waals surface area contributed by atoms with Crippen molar-refractivity contribution in [2.45, 2.75) is 143 Å². The number of terminal acetylenes is 1. The molecule has 9 heterocycles. The molecule has 8 aromatic carbocycles. The lowest BCUT2D eigenvalue weighted by molar-refractivity contribution is -0.900. The lowest BCUT2D eigenvalue weighted by Gasteiger charge is -2.23. The number of amides is 1. The summed E-state index contributed by atoms with van der Waals surface area (Å²) in [4.78, 5) is 67.7. The Bertz CT molecular complexity index is 6450. The van der Waals surface area contributed by atoms with Crippen molar-refractivity contribution in [1.29, 1.82) is 0 Å². The highest BCUT2D eigenvalue weighted by Crippen LogP contribution is 2.26. The van der Waals surface area contributed by atoms with E-state index in [1.54, 1.807) is 76.2 Å². The van der Waals surface area contributed by atoms with Gasteiger partial charge in [0.25, 0.3) is 16.9 Å². The van der Waals surface area contributed by atoms with Gasteiger partial charge < -0.3 is 9.84 Å². The monoisotopic (exact) mass is 1950 g/mol. The zero-order valence-electron chi connectivity index (χ0n) is 84.2. The summed E-state index contributed by atoms with van der Waals surface area (Å²) in [5.74, 6) is 1.13. The number of rotatable bonds is 33. The van der Waals surface area contributed by atoms with Crippen molar-refractivity contribution in [1.82, 2.24) is 4.90 Å². The van der Waals surface area contributed by atoms with Crippen molar-refractivity contribution in [3.05, 3.63) is 455 Å². The molecule has 0 bridgehead atoms. The molecule has 23 heteroatoms. The number of morpholine rings is 1. The summed E-state index contributed by atoms with van der Waals surface area (Å²) in [5.41, 5.74) is 13.9. The van der Waals surface area contributed by atoms with Crippen molar-refractivity contribution >= 4 is 33.5 Å². The number of ether oxygens (including phenoxy) is 1. The molecule has 16 aromatic rings. The van der Waals surface area contributed by atoms with Gasteiger partial charge in [0, 0.05) is 135 Å². The van der Waals surface area contributed by atoms with E-state index in [1.807, 2.05) is 235 Å². The molecular formula is C122H138N10O13+8. The van der Waals surface area contributed by atoms with Crippen molar-refractivity contribution in [2.75, 3.05) is 46.1 Å². The second-order valence-corrected chi connectivity index (χ2v) is 34.8. The first-order valence-corrected chi connectivity index (χ1v) is 49.9. The quantitative estimate of drug-likeness (QED) is 0.00776. The fraction of sp³-hybridized carbons (Fsp3) is 0.254. The first-order chi connectivity index (χ1) is 71.0. The molecule has 0 radical (unpaired) electrons. The minimum absolute atomic E-state index is 0.0767. The fourth-order valence-corrected chi connectivity index (χ4v) is 15.6. The summed E-state index contributed by atoms with van der Waals surface area (Å²) in [6, 6.07) is 107. The standard InChI is InChI=1S/C20H16NO.C17H20NO.C16H17N2O3.C16H28NO2.C14H14NO.C13H21N2O3.C13H12NO.C13H10NO/c1-2-8-16(9-3-1)15-22-21-14-17-10-4-5-11-18(17)19-12-6-7-13-20(19)21;1-3-7-15(8-4-1)16-11-13-18(14-12-16)19-17-9-5-2-6-10-17;19-16(17-10-12-20-13-11-17)21-18-8-6-15(7-9-18)14-4-2-1-3-5-14;1-5-7-10-14(6-2)13-19-17-12-9-8-11-15(17)16(3,4)18;1-2-12-16-15-10-8-14(9-11-15)13-6-4-3-5-7-13;1-3-5-6-12(4-2)11-18-14-9-7-13(8-10-14)15(16)17;2*1-2-15-14-10-8-13(9-11-14)12-6-4-3-5-7-12/h1-14H,15H2;1,3-4,7-8,11-14,17H,2,5-6,9-10H2;1-9H,10-13H2;8-9,11-12,14,18H,5-7,10,13H2,1-4H3;2-11H,1,12H2;7-10,12H,3-6,11H2,1-2H3;2-11H,1H2;1,3-11H/q8*+1. The molecule has 2 fully saturated rings. The van der Waals surface area contributed by atoms with Gasteiger partial charge in [-0.05, 0) is 163 Å². The molecule has 2 aliphatic rings. The SMILES string of the molecule is C#CO[n+]1ccc(-c2ccccc2)cc1.C=CCO[n+]1ccc(-c2ccccc2)cc1.C=CO[n+]1ccc(-c2ccccc2)cc1.CCCCC(CC)CO[n+]1ccc([N+](=O)[O-])cc1.CCCCC(CC)CO[n+]1ccccc1C(C)(C)O.O=C(O[n+]1ccc(-c2ccccc2)cc1)N1CCOCC1.c1ccc(-c2cc[n+](OC3CCCCC3)cc2)cc1.c1ccc(CO[n+]2cc3ccccc3c3ccccc32)cc1. The lowest BCUT2D eigenvalue weighted by atomic mass is 9.98. The third-order valence-corrected chi connectivity index (χ3v) is 23.8. The minimum Gasteiger partial charge on any atom is -0.379 e. The number of unbranched alkanes of at least 4 members (excludes halogenated alkanes) is 2. The Balaban J connectivity index is 0.000000158.